The monoisotopic (exact) mass is 373 g/mol. The highest BCUT2D eigenvalue weighted by atomic mass is 127. The molecular weight excluding hydrogens is 365 g/mol. The zero-order chi connectivity index (χ0) is 14.0. The molecule has 0 atom stereocenters. The molecule has 0 aliphatic rings. The molecule has 0 fully saturated rings. The number of carboxylic acids is 1. The van der Waals surface area contributed by atoms with Gasteiger partial charge in [0.2, 0.25) is 0 Å². The third-order valence-corrected chi connectivity index (χ3v) is 2.97. The van der Waals surface area contributed by atoms with E-state index in [0.29, 0.717) is 0 Å². The van der Waals surface area contributed by atoms with Crippen LogP contribution in [0.3, 0.4) is 0 Å². The Bertz CT molecular complexity index is 704. The number of imidazole rings is 1. The second-order valence-corrected chi connectivity index (χ2v) is 4.85. The van der Waals surface area contributed by atoms with E-state index in [-0.39, 0.29) is 16.9 Å². The number of hydrogen-bond donors (Lipinski definition) is 4. The number of benzene rings is 1. The van der Waals surface area contributed by atoms with Gasteiger partial charge in [0, 0.05) is 9.77 Å². The van der Waals surface area contributed by atoms with E-state index in [1.165, 1.54) is 18.3 Å². The molecule has 1 aromatic carbocycles. The Balaban J connectivity index is 2.31. The molecule has 19 heavy (non-hydrogen) atoms. The van der Waals surface area contributed by atoms with Crippen LogP contribution in [-0.4, -0.2) is 27.0 Å². The third-order valence-electron chi connectivity index (χ3n) is 2.30. The van der Waals surface area contributed by atoms with Gasteiger partial charge in [-0.05, 0) is 40.8 Å². The molecule has 8 heteroatoms. The highest BCUT2D eigenvalue weighted by Crippen LogP contribution is 2.19. The number of hydrogen-bond acceptors (Lipinski definition) is 3. The molecule has 2 rings (SSSR count). The van der Waals surface area contributed by atoms with Gasteiger partial charge in [-0.1, -0.05) is 0 Å². The SMILES string of the molecule is O=C(Nc1ccc(I)cc1C(=O)O)c1c[nH]c(=O)[nH]1. The number of aromatic nitrogens is 2. The lowest BCUT2D eigenvalue weighted by Crippen LogP contribution is -2.16. The molecule has 0 radical (unpaired) electrons. The van der Waals surface area contributed by atoms with Crippen molar-refractivity contribution in [2.45, 2.75) is 0 Å². The molecule has 0 spiro atoms. The number of anilines is 1. The Labute approximate surface area is 120 Å². The van der Waals surface area contributed by atoms with Crippen LogP contribution in [0.1, 0.15) is 20.8 Å². The van der Waals surface area contributed by atoms with Crippen LogP contribution < -0.4 is 11.0 Å². The van der Waals surface area contributed by atoms with E-state index in [1.807, 2.05) is 22.6 Å². The number of nitrogens with one attached hydrogen (secondary N) is 3. The van der Waals surface area contributed by atoms with E-state index in [0.717, 1.165) is 3.57 Å². The van der Waals surface area contributed by atoms with Crippen LogP contribution >= 0.6 is 22.6 Å². The summed E-state index contributed by atoms with van der Waals surface area (Å²) in [5, 5.41) is 11.5. The first-order chi connectivity index (χ1) is 8.97. The number of carbonyl (C=O) groups is 2. The summed E-state index contributed by atoms with van der Waals surface area (Å²) in [6.07, 6.45) is 1.21. The summed E-state index contributed by atoms with van der Waals surface area (Å²) < 4.78 is 0.739. The van der Waals surface area contributed by atoms with E-state index in [4.69, 9.17) is 5.11 Å². The van der Waals surface area contributed by atoms with Crippen LogP contribution in [0.15, 0.2) is 29.2 Å². The quantitative estimate of drug-likeness (QED) is 0.607. The Morgan fingerprint density at radius 2 is 2.05 bits per heavy atom. The minimum Gasteiger partial charge on any atom is -0.478 e. The zero-order valence-corrected chi connectivity index (χ0v) is 11.5. The maximum atomic E-state index is 11.8. The van der Waals surface area contributed by atoms with Gasteiger partial charge in [0.05, 0.1) is 11.3 Å². The summed E-state index contributed by atoms with van der Waals surface area (Å²) in [5.41, 5.74) is -0.329. The summed E-state index contributed by atoms with van der Waals surface area (Å²) in [6.45, 7) is 0. The molecular formula is C11H8IN3O4. The van der Waals surface area contributed by atoms with Crippen molar-refractivity contribution >= 4 is 40.2 Å². The van der Waals surface area contributed by atoms with Crippen molar-refractivity contribution in [1.29, 1.82) is 0 Å². The Morgan fingerprint density at radius 3 is 2.63 bits per heavy atom. The highest BCUT2D eigenvalue weighted by molar-refractivity contribution is 14.1. The fraction of sp³-hybridized carbons (Fsp3) is 0. The molecule has 1 heterocycles. The molecule has 98 valence electrons. The van der Waals surface area contributed by atoms with Gasteiger partial charge in [0.1, 0.15) is 5.69 Å². The van der Waals surface area contributed by atoms with Crippen molar-refractivity contribution in [2.24, 2.45) is 0 Å². The molecule has 0 saturated heterocycles. The van der Waals surface area contributed by atoms with Crippen LogP contribution in [0.25, 0.3) is 0 Å². The lowest BCUT2D eigenvalue weighted by atomic mass is 10.2. The van der Waals surface area contributed by atoms with Crippen LogP contribution in [0.5, 0.6) is 0 Å². The summed E-state index contributed by atoms with van der Waals surface area (Å²) in [6, 6.07) is 4.61. The van der Waals surface area contributed by atoms with Gasteiger partial charge in [0.25, 0.3) is 5.91 Å². The molecule has 0 aliphatic heterocycles. The van der Waals surface area contributed by atoms with Crippen molar-refractivity contribution in [1.82, 2.24) is 9.97 Å². The van der Waals surface area contributed by atoms with E-state index in [9.17, 15) is 14.4 Å². The van der Waals surface area contributed by atoms with Gasteiger partial charge in [-0.2, -0.15) is 0 Å². The predicted molar refractivity (Wildman–Crippen MR) is 75.5 cm³/mol. The van der Waals surface area contributed by atoms with Crippen molar-refractivity contribution in [3.8, 4) is 0 Å². The number of halogens is 1. The van der Waals surface area contributed by atoms with Crippen molar-refractivity contribution < 1.29 is 14.7 Å². The number of carbonyl (C=O) groups excluding carboxylic acids is 1. The topological polar surface area (TPSA) is 115 Å². The van der Waals surface area contributed by atoms with Gasteiger partial charge in [-0.15, -0.1) is 0 Å². The Morgan fingerprint density at radius 1 is 1.32 bits per heavy atom. The average Bonchev–Trinajstić information content (AvgIpc) is 2.78. The lowest BCUT2D eigenvalue weighted by Gasteiger charge is -2.07. The van der Waals surface area contributed by atoms with Gasteiger partial charge >= 0.3 is 11.7 Å². The first-order valence-corrected chi connectivity index (χ1v) is 6.17. The molecule has 1 aromatic heterocycles. The summed E-state index contributed by atoms with van der Waals surface area (Å²) in [4.78, 5) is 38.3. The predicted octanol–water partition coefficient (Wildman–Crippen LogP) is 1.26. The van der Waals surface area contributed by atoms with Crippen LogP contribution in [-0.2, 0) is 0 Å². The maximum absolute atomic E-state index is 11.8. The molecule has 7 nitrogen and oxygen atoms in total. The van der Waals surface area contributed by atoms with E-state index in [1.54, 1.807) is 6.07 Å². The zero-order valence-electron chi connectivity index (χ0n) is 9.36. The molecule has 2 aromatic rings. The molecule has 0 bridgehead atoms. The number of H-pyrrole nitrogens is 2. The van der Waals surface area contributed by atoms with Crippen LogP contribution in [0, 0.1) is 3.57 Å². The van der Waals surface area contributed by atoms with Crippen molar-refractivity contribution in [3.63, 3.8) is 0 Å². The highest BCUT2D eigenvalue weighted by Gasteiger charge is 2.15. The van der Waals surface area contributed by atoms with Crippen LogP contribution in [0.4, 0.5) is 5.69 Å². The second kappa shape index (κ2) is 5.26. The van der Waals surface area contributed by atoms with Crippen LogP contribution in [0.2, 0.25) is 0 Å². The van der Waals surface area contributed by atoms with E-state index < -0.39 is 17.6 Å². The molecule has 0 saturated carbocycles. The lowest BCUT2D eigenvalue weighted by molar-refractivity contribution is 0.0698. The Kier molecular flexibility index (Phi) is 3.69. The fourth-order valence-corrected chi connectivity index (χ4v) is 1.94. The van der Waals surface area contributed by atoms with E-state index in [2.05, 4.69) is 15.3 Å². The standard InChI is InChI=1S/C11H8IN3O4/c12-5-1-2-7(6(3-5)10(17)18)14-9(16)8-4-13-11(19)15-8/h1-4H,(H,14,16)(H,17,18)(H2,13,15,19). The van der Waals surface area contributed by atoms with Gasteiger partial charge in [0.15, 0.2) is 0 Å². The largest absolute Gasteiger partial charge is 0.478 e. The summed E-state index contributed by atoms with van der Waals surface area (Å²) >= 11 is 1.98. The minimum absolute atomic E-state index is 0.0156. The number of aromatic amines is 2. The summed E-state index contributed by atoms with van der Waals surface area (Å²) in [7, 11) is 0. The number of carboxylic acid groups (broad SMARTS) is 1. The number of aromatic carboxylic acids is 1. The molecule has 1 amide bonds. The second-order valence-electron chi connectivity index (χ2n) is 3.61. The molecule has 0 unspecified atom stereocenters. The summed E-state index contributed by atoms with van der Waals surface area (Å²) in [5.74, 6) is -1.74. The third kappa shape index (κ3) is 3.02. The minimum atomic E-state index is -1.14. The fourth-order valence-electron chi connectivity index (χ4n) is 1.45. The first-order valence-electron chi connectivity index (χ1n) is 5.09. The van der Waals surface area contributed by atoms with Crippen molar-refractivity contribution in [2.75, 3.05) is 5.32 Å². The van der Waals surface area contributed by atoms with E-state index >= 15 is 0 Å². The maximum Gasteiger partial charge on any atom is 0.337 e. The Hall–Kier alpha value is -2.10. The molecule has 0 aliphatic carbocycles. The number of rotatable bonds is 3. The smallest absolute Gasteiger partial charge is 0.337 e. The first kappa shape index (κ1) is 13.3. The average molecular weight is 373 g/mol. The van der Waals surface area contributed by atoms with Gasteiger partial charge < -0.3 is 20.4 Å². The number of amides is 1. The van der Waals surface area contributed by atoms with Crippen molar-refractivity contribution in [3.05, 3.63) is 49.7 Å². The molecule has 4 N–H and O–H groups in total. The normalized spacial score (nSPS) is 10.2. The van der Waals surface area contributed by atoms with Gasteiger partial charge in [-0.25, -0.2) is 9.59 Å². The van der Waals surface area contributed by atoms with Gasteiger partial charge in [-0.3, -0.25) is 4.79 Å².